The quantitative estimate of drug-likeness (QED) is 0.744. The number of piperazine rings is 1. The van der Waals surface area contributed by atoms with Gasteiger partial charge in [-0.2, -0.15) is 0 Å². The van der Waals surface area contributed by atoms with E-state index in [1.165, 1.54) is 19.2 Å². The summed E-state index contributed by atoms with van der Waals surface area (Å²) in [6, 6.07) is 4.51. The summed E-state index contributed by atoms with van der Waals surface area (Å²) in [6.07, 6.45) is -2.86. The van der Waals surface area contributed by atoms with E-state index in [1.807, 2.05) is 0 Å². The summed E-state index contributed by atoms with van der Waals surface area (Å²) in [4.78, 5) is 2.40. The van der Waals surface area contributed by atoms with Crippen molar-refractivity contribution >= 4 is 24.8 Å². The maximum atomic E-state index is 12.5. The van der Waals surface area contributed by atoms with Gasteiger partial charge in [0.1, 0.15) is 11.5 Å². The maximum absolute atomic E-state index is 12.5. The van der Waals surface area contributed by atoms with E-state index in [0.29, 0.717) is 24.9 Å². The molecule has 10 heteroatoms. The SMILES string of the molecule is COc1cc(OC(F)(F)F)ccc1[C@H](C1CCOCC1)N1CCNCC1.Cl.Cl. The fourth-order valence-electron chi connectivity index (χ4n) is 3.87. The minimum atomic E-state index is -4.72. The summed E-state index contributed by atoms with van der Waals surface area (Å²) < 4.78 is 52.6. The summed E-state index contributed by atoms with van der Waals surface area (Å²) in [5, 5.41) is 3.34. The van der Waals surface area contributed by atoms with E-state index >= 15 is 0 Å². The predicted octanol–water partition coefficient (Wildman–Crippen LogP) is 3.81. The molecule has 1 aromatic carbocycles. The van der Waals surface area contributed by atoms with E-state index in [4.69, 9.17) is 9.47 Å². The van der Waals surface area contributed by atoms with Crippen LogP contribution in [0.1, 0.15) is 24.4 Å². The van der Waals surface area contributed by atoms with Crippen molar-refractivity contribution in [3.8, 4) is 11.5 Å². The molecule has 0 unspecified atom stereocenters. The van der Waals surface area contributed by atoms with E-state index in [9.17, 15) is 13.2 Å². The molecule has 0 saturated carbocycles. The monoisotopic (exact) mass is 446 g/mol. The molecule has 28 heavy (non-hydrogen) atoms. The molecule has 0 radical (unpaired) electrons. The van der Waals surface area contributed by atoms with Gasteiger partial charge < -0.3 is 19.5 Å². The van der Waals surface area contributed by atoms with Crippen LogP contribution >= 0.6 is 24.8 Å². The molecule has 2 fully saturated rings. The van der Waals surface area contributed by atoms with Crippen molar-refractivity contribution in [1.29, 1.82) is 0 Å². The van der Waals surface area contributed by atoms with Crippen molar-refractivity contribution in [3.05, 3.63) is 23.8 Å². The number of halogens is 5. The average molecular weight is 447 g/mol. The Morgan fingerprint density at radius 2 is 1.79 bits per heavy atom. The zero-order valence-electron chi connectivity index (χ0n) is 15.7. The first kappa shape index (κ1) is 25.1. The lowest BCUT2D eigenvalue weighted by Crippen LogP contribution is -2.47. The highest BCUT2D eigenvalue weighted by Crippen LogP contribution is 2.41. The van der Waals surface area contributed by atoms with Gasteiger partial charge in [-0.15, -0.1) is 38.0 Å². The number of methoxy groups -OCH3 is 1. The van der Waals surface area contributed by atoms with Crippen LogP contribution < -0.4 is 14.8 Å². The Labute approximate surface area is 175 Å². The number of nitrogens with one attached hydrogen (secondary N) is 1. The third kappa shape index (κ3) is 6.56. The van der Waals surface area contributed by atoms with Gasteiger partial charge in [-0.05, 0) is 24.8 Å². The van der Waals surface area contributed by atoms with Gasteiger partial charge in [-0.3, -0.25) is 4.90 Å². The molecule has 2 heterocycles. The van der Waals surface area contributed by atoms with Gasteiger partial charge in [0, 0.05) is 57.1 Å². The van der Waals surface area contributed by atoms with Gasteiger partial charge in [0.15, 0.2) is 0 Å². The molecule has 1 aromatic rings. The predicted molar refractivity (Wildman–Crippen MR) is 105 cm³/mol. The molecule has 2 saturated heterocycles. The second-order valence-corrected chi connectivity index (χ2v) is 6.63. The molecule has 0 aromatic heterocycles. The number of rotatable bonds is 5. The minimum Gasteiger partial charge on any atom is -0.496 e. The zero-order valence-corrected chi connectivity index (χ0v) is 17.3. The number of alkyl halides is 3. The lowest BCUT2D eigenvalue weighted by Gasteiger charge is -2.41. The van der Waals surface area contributed by atoms with Crippen molar-refractivity contribution in [2.24, 2.45) is 5.92 Å². The standard InChI is InChI=1S/C18H25F3N2O3.2ClH/c1-24-16-12-14(26-18(19,20)21)2-3-15(16)17(13-4-10-25-11-5-13)23-8-6-22-7-9-23;;/h2-3,12-13,17,22H,4-11H2,1H3;2*1H/t17-;;/m0../s1. The van der Waals surface area contributed by atoms with Crippen molar-refractivity contribution in [2.75, 3.05) is 46.5 Å². The largest absolute Gasteiger partial charge is 0.573 e. The Morgan fingerprint density at radius 3 is 2.36 bits per heavy atom. The van der Waals surface area contributed by atoms with Crippen LogP contribution in [0.4, 0.5) is 13.2 Å². The smallest absolute Gasteiger partial charge is 0.496 e. The first-order valence-corrected chi connectivity index (χ1v) is 8.94. The third-order valence-electron chi connectivity index (χ3n) is 5.01. The number of benzene rings is 1. The summed E-state index contributed by atoms with van der Waals surface area (Å²) in [5.41, 5.74) is 0.913. The van der Waals surface area contributed by atoms with E-state index in [1.54, 1.807) is 6.07 Å². The first-order valence-electron chi connectivity index (χ1n) is 8.94. The number of hydrogen-bond donors (Lipinski definition) is 1. The lowest BCUT2D eigenvalue weighted by atomic mass is 9.85. The number of hydrogen-bond acceptors (Lipinski definition) is 5. The van der Waals surface area contributed by atoms with Gasteiger partial charge in [0.2, 0.25) is 0 Å². The van der Waals surface area contributed by atoms with E-state index in [2.05, 4.69) is 15.0 Å². The topological polar surface area (TPSA) is 43.0 Å². The van der Waals surface area contributed by atoms with Crippen molar-refractivity contribution in [3.63, 3.8) is 0 Å². The highest BCUT2D eigenvalue weighted by atomic mass is 35.5. The van der Waals surface area contributed by atoms with Gasteiger partial charge in [-0.1, -0.05) is 6.07 Å². The molecule has 2 aliphatic rings. The van der Waals surface area contributed by atoms with Gasteiger partial charge >= 0.3 is 6.36 Å². The van der Waals surface area contributed by atoms with Crippen LogP contribution in [0.15, 0.2) is 18.2 Å². The molecular weight excluding hydrogens is 420 g/mol. The molecule has 3 rings (SSSR count). The summed E-state index contributed by atoms with van der Waals surface area (Å²) in [6.45, 7) is 5.02. The second-order valence-electron chi connectivity index (χ2n) is 6.63. The molecule has 2 aliphatic heterocycles. The summed E-state index contributed by atoms with van der Waals surface area (Å²) in [5.74, 6) is 0.552. The van der Waals surface area contributed by atoms with Crippen LogP contribution in [0.5, 0.6) is 11.5 Å². The van der Waals surface area contributed by atoms with E-state index in [-0.39, 0.29) is 36.6 Å². The van der Waals surface area contributed by atoms with Crippen molar-refractivity contribution < 1.29 is 27.4 Å². The first-order chi connectivity index (χ1) is 12.5. The Balaban J connectivity index is 0.00000196. The molecule has 5 nitrogen and oxygen atoms in total. The van der Waals surface area contributed by atoms with E-state index in [0.717, 1.165) is 44.6 Å². The van der Waals surface area contributed by atoms with Crippen LogP contribution in [-0.2, 0) is 4.74 Å². The van der Waals surface area contributed by atoms with Crippen LogP contribution in [0.25, 0.3) is 0 Å². The zero-order chi connectivity index (χ0) is 18.6. The average Bonchev–Trinajstić information content (AvgIpc) is 2.63. The Bertz CT molecular complexity index is 578. The summed E-state index contributed by atoms with van der Waals surface area (Å²) >= 11 is 0. The van der Waals surface area contributed by atoms with E-state index < -0.39 is 6.36 Å². The number of nitrogens with zero attached hydrogens (tertiary/aromatic N) is 1. The fourth-order valence-corrected chi connectivity index (χ4v) is 3.87. The molecule has 0 aliphatic carbocycles. The fraction of sp³-hybridized carbons (Fsp3) is 0.667. The Kier molecular flexibility index (Phi) is 10.1. The summed E-state index contributed by atoms with van der Waals surface area (Å²) in [7, 11) is 1.48. The Hall–Kier alpha value is -0.930. The van der Waals surface area contributed by atoms with Crippen molar-refractivity contribution in [1.82, 2.24) is 10.2 Å². The second kappa shape index (κ2) is 11.3. The van der Waals surface area contributed by atoms with Gasteiger partial charge in [0.05, 0.1) is 7.11 Å². The molecule has 162 valence electrons. The molecular formula is C18H27Cl2F3N2O3. The minimum absolute atomic E-state index is 0. The van der Waals surface area contributed by atoms with Gasteiger partial charge in [0.25, 0.3) is 0 Å². The maximum Gasteiger partial charge on any atom is 0.573 e. The highest BCUT2D eigenvalue weighted by Gasteiger charge is 2.35. The Morgan fingerprint density at radius 1 is 1.14 bits per heavy atom. The third-order valence-corrected chi connectivity index (χ3v) is 5.01. The molecule has 0 amide bonds. The molecule has 0 bridgehead atoms. The van der Waals surface area contributed by atoms with Crippen LogP contribution in [0.3, 0.4) is 0 Å². The van der Waals surface area contributed by atoms with Gasteiger partial charge in [-0.25, -0.2) is 0 Å². The molecule has 1 N–H and O–H groups in total. The van der Waals surface area contributed by atoms with Crippen LogP contribution in [0, 0.1) is 5.92 Å². The lowest BCUT2D eigenvalue weighted by molar-refractivity contribution is -0.274. The highest BCUT2D eigenvalue weighted by molar-refractivity contribution is 5.85. The molecule has 1 atom stereocenters. The van der Waals surface area contributed by atoms with Crippen molar-refractivity contribution in [2.45, 2.75) is 25.2 Å². The van der Waals surface area contributed by atoms with Crippen LogP contribution in [0.2, 0.25) is 0 Å². The normalized spacial score (nSPS) is 19.9. The van der Waals surface area contributed by atoms with Crippen LogP contribution in [-0.4, -0.2) is 57.8 Å². The number of ether oxygens (including phenoxy) is 3. The molecule has 0 spiro atoms.